The van der Waals surface area contributed by atoms with Crippen LogP contribution < -0.4 is 10.1 Å². The van der Waals surface area contributed by atoms with E-state index >= 15 is 0 Å². The third kappa shape index (κ3) is 5.91. The molecular formula is C19H22N2O4. The molecule has 0 radical (unpaired) electrons. The molecule has 2 aromatic rings. The number of esters is 1. The van der Waals surface area contributed by atoms with Crippen molar-refractivity contribution in [2.45, 2.75) is 25.3 Å². The third-order valence-electron chi connectivity index (χ3n) is 3.75. The smallest absolute Gasteiger partial charge is 0.328 e. The summed E-state index contributed by atoms with van der Waals surface area (Å²) in [5, 5.41) is 2.74. The molecule has 0 saturated carbocycles. The van der Waals surface area contributed by atoms with Crippen molar-refractivity contribution < 1.29 is 19.1 Å². The number of amides is 1. The van der Waals surface area contributed by atoms with Crippen LogP contribution in [0.15, 0.2) is 48.7 Å². The van der Waals surface area contributed by atoms with E-state index in [0.29, 0.717) is 25.1 Å². The molecule has 1 aromatic heterocycles. The molecule has 6 heteroatoms. The summed E-state index contributed by atoms with van der Waals surface area (Å²) in [6.45, 7) is 0. The highest BCUT2D eigenvalue weighted by Gasteiger charge is 2.22. The minimum Gasteiger partial charge on any atom is -0.481 e. The Labute approximate surface area is 147 Å². The number of aromatic nitrogens is 1. The van der Waals surface area contributed by atoms with E-state index in [2.05, 4.69) is 10.3 Å². The van der Waals surface area contributed by atoms with Gasteiger partial charge in [0.15, 0.2) is 0 Å². The summed E-state index contributed by atoms with van der Waals surface area (Å²) in [6.07, 6.45) is 2.84. The molecule has 1 heterocycles. The molecule has 0 saturated heterocycles. The van der Waals surface area contributed by atoms with E-state index in [1.165, 1.54) is 14.2 Å². The molecule has 0 aliphatic rings. The number of nitrogens with one attached hydrogen (secondary N) is 1. The normalized spacial score (nSPS) is 11.4. The largest absolute Gasteiger partial charge is 0.481 e. The maximum atomic E-state index is 12.2. The molecule has 2 rings (SSSR count). The van der Waals surface area contributed by atoms with Crippen molar-refractivity contribution in [2.75, 3.05) is 14.2 Å². The van der Waals surface area contributed by atoms with E-state index in [1.54, 1.807) is 18.3 Å². The number of rotatable bonds is 8. The van der Waals surface area contributed by atoms with Gasteiger partial charge in [-0.3, -0.25) is 4.79 Å². The molecule has 132 valence electrons. The summed E-state index contributed by atoms with van der Waals surface area (Å²) < 4.78 is 9.80. The maximum absolute atomic E-state index is 12.2. The van der Waals surface area contributed by atoms with Crippen LogP contribution in [0.25, 0.3) is 0 Å². The van der Waals surface area contributed by atoms with E-state index < -0.39 is 12.0 Å². The van der Waals surface area contributed by atoms with Crippen LogP contribution in [0.2, 0.25) is 0 Å². The average Bonchev–Trinajstić information content (AvgIpc) is 2.66. The molecule has 25 heavy (non-hydrogen) atoms. The highest BCUT2D eigenvalue weighted by atomic mass is 16.5. The van der Waals surface area contributed by atoms with E-state index in [1.807, 2.05) is 30.3 Å². The van der Waals surface area contributed by atoms with Crippen LogP contribution in [0.4, 0.5) is 0 Å². The van der Waals surface area contributed by atoms with Crippen molar-refractivity contribution in [1.82, 2.24) is 10.3 Å². The van der Waals surface area contributed by atoms with Crippen LogP contribution in [0, 0.1) is 0 Å². The number of carbonyl (C=O) groups is 2. The van der Waals surface area contributed by atoms with Gasteiger partial charge in [-0.05, 0) is 17.5 Å². The van der Waals surface area contributed by atoms with Gasteiger partial charge >= 0.3 is 5.97 Å². The summed E-state index contributed by atoms with van der Waals surface area (Å²) >= 11 is 0. The van der Waals surface area contributed by atoms with Gasteiger partial charge in [-0.15, -0.1) is 0 Å². The van der Waals surface area contributed by atoms with Gasteiger partial charge in [0, 0.05) is 25.1 Å². The van der Waals surface area contributed by atoms with E-state index in [0.717, 1.165) is 11.1 Å². The second-order valence-electron chi connectivity index (χ2n) is 5.54. The Morgan fingerprint density at radius 2 is 1.84 bits per heavy atom. The molecule has 0 spiro atoms. The van der Waals surface area contributed by atoms with Crippen molar-refractivity contribution in [3.8, 4) is 5.88 Å². The van der Waals surface area contributed by atoms with Gasteiger partial charge in [-0.2, -0.15) is 0 Å². The number of benzene rings is 1. The molecule has 1 amide bonds. The lowest BCUT2D eigenvalue weighted by Crippen LogP contribution is -2.43. The van der Waals surface area contributed by atoms with E-state index in [-0.39, 0.29) is 5.91 Å². The van der Waals surface area contributed by atoms with Gasteiger partial charge in [-0.1, -0.05) is 36.4 Å². The van der Waals surface area contributed by atoms with Crippen LogP contribution in [0.5, 0.6) is 5.88 Å². The molecule has 0 aliphatic carbocycles. The first kappa shape index (κ1) is 18.4. The number of hydrogen-bond donors (Lipinski definition) is 1. The Morgan fingerprint density at radius 3 is 2.44 bits per heavy atom. The Kier molecular flexibility index (Phi) is 6.95. The summed E-state index contributed by atoms with van der Waals surface area (Å²) in [4.78, 5) is 28.3. The van der Waals surface area contributed by atoms with Crippen LogP contribution in [0.3, 0.4) is 0 Å². The number of ether oxygens (including phenoxy) is 2. The topological polar surface area (TPSA) is 77.5 Å². The first-order valence-electron chi connectivity index (χ1n) is 8.02. The Bertz CT molecular complexity index is 686. The van der Waals surface area contributed by atoms with Gasteiger partial charge in [0.05, 0.1) is 14.2 Å². The second-order valence-corrected chi connectivity index (χ2v) is 5.54. The van der Waals surface area contributed by atoms with E-state index in [9.17, 15) is 9.59 Å². The van der Waals surface area contributed by atoms with Crippen molar-refractivity contribution in [3.63, 3.8) is 0 Å². The highest BCUT2D eigenvalue weighted by molar-refractivity contribution is 5.84. The Hall–Kier alpha value is -2.89. The predicted octanol–water partition coefficient (Wildman–Crippen LogP) is 1.92. The molecule has 6 nitrogen and oxygen atoms in total. The Balaban J connectivity index is 1.94. The maximum Gasteiger partial charge on any atom is 0.328 e. The lowest BCUT2D eigenvalue weighted by molar-refractivity contribution is -0.145. The molecule has 1 N–H and O–H groups in total. The summed E-state index contributed by atoms with van der Waals surface area (Å²) in [5.74, 6) is -0.185. The van der Waals surface area contributed by atoms with Gasteiger partial charge in [0.2, 0.25) is 11.8 Å². The quantitative estimate of drug-likeness (QED) is 0.742. The van der Waals surface area contributed by atoms with Gasteiger partial charge in [0.1, 0.15) is 6.04 Å². The predicted molar refractivity (Wildman–Crippen MR) is 93.2 cm³/mol. The fraction of sp³-hybridized carbons (Fsp3) is 0.316. The fourth-order valence-corrected chi connectivity index (χ4v) is 2.39. The first-order chi connectivity index (χ1) is 12.1. The second kappa shape index (κ2) is 9.42. The lowest BCUT2D eigenvalue weighted by atomic mass is 10.1. The monoisotopic (exact) mass is 342 g/mol. The highest BCUT2D eigenvalue weighted by Crippen LogP contribution is 2.10. The SMILES string of the molecule is COC(=O)[C@H](Cc1ccc(OC)nc1)NC(=O)CCc1ccccc1. The molecular weight excluding hydrogens is 320 g/mol. The zero-order valence-electron chi connectivity index (χ0n) is 14.4. The molecule has 1 aromatic carbocycles. The fourth-order valence-electron chi connectivity index (χ4n) is 2.39. The minimum atomic E-state index is -0.747. The van der Waals surface area contributed by atoms with Gasteiger partial charge in [-0.25, -0.2) is 9.78 Å². The van der Waals surface area contributed by atoms with Crippen molar-refractivity contribution in [1.29, 1.82) is 0 Å². The van der Waals surface area contributed by atoms with Crippen molar-refractivity contribution in [2.24, 2.45) is 0 Å². The first-order valence-corrected chi connectivity index (χ1v) is 8.02. The van der Waals surface area contributed by atoms with Crippen LogP contribution >= 0.6 is 0 Å². The van der Waals surface area contributed by atoms with Crippen LogP contribution in [-0.2, 0) is 27.2 Å². The molecule has 0 fully saturated rings. The molecule has 0 bridgehead atoms. The summed E-state index contributed by atoms with van der Waals surface area (Å²) in [6, 6.07) is 12.5. The number of pyridine rings is 1. The number of carbonyl (C=O) groups excluding carboxylic acids is 2. The van der Waals surface area contributed by atoms with E-state index in [4.69, 9.17) is 9.47 Å². The third-order valence-corrected chi connectivity index (χ3v) is 3.75. The lowest BCUT2D eigenvalue weighted by Gasteiger charge is -2.16. The van der Waals surface area contributed by atoms with Gasteiger partial charge in [0.25, 0.3) is 0 Å². The zero-order valence-corrected chi connectivity index (χ0v) is 14.4. The molecule has 0 unspecified atom stereocenters. The standard InChI is InChI=1S/C19H22N2O4/c1-24-18-11-9-15(13-20-18)12-16(19(23)25-2)21-17(22)10-8-14-6-4-3-5-7-14/h3-7,9,11,13,16H,8,10,12H2,1-2H3,(H,21,22)/t16-/m0/s1. The Morgan fingerprint density at radius 1 is 1.08 bits per heavy atom. The van der Waals surface area contributed by atoms with Crippen LogP contribution in [0.1, 0.15) is 17.5 Å². The van der Waals surface area contributed by atoms with Crippen LogP contribution in [-0.4, -0.2) is 37.1 Å². The average molecular weight is 342 g/mol. The van der Waals surface area contributed by atoms with Crippen molar-refractivity contribution in [3.05, 3.63) is 59.8 Å². The zero-order chi connectivity index (χ0) is 18.1. The summed E-state index contributed by atoms with van der Waals surface area (Å²) in [5.41, 5.74) is 1.88. The number of aryl methyl sites for hydroxylation is 1. The van der Waals surface area contributed by atoms with Gasteiger partial charge < -0.3 is 14.8 Å². The minimum absolute atomic E-state index is 0.194. The molecule has 0 aliphatic heterocycles. The molecule has 1 atom stereocenters. The number of nitrogens with zero attached hydrogens (tertiary/aromatic N) is 1. The van der Waals surface area contributed by atoms with Crippen molar-refractivity contribution >= 4 is 11.9 Å². The summed E-state index contributed by atoms with van der Waals surface area (Å²) in [7, 11) is 2.84. The number of hydrogen-bond acceptors (Lipinski definition) is 5. The number of methoxy groups -OCH3 is 2.